The van der Waals surface area contributed by atoms with Crippen LogP contribution in [0.25, 0.3) is 0 Å². The third-order valence-electron chi connectivity index (χ3n) is 2.33. The number of nitrogens with zero attached hydrogens (tertiary/aromatic N) is 3. The molecule has 80 valence electrons. The molecule has 1 aromatic heterocycles. The average molecular weight is 209 g/mol. The van der Waals surface area contributed by atoms with Gasteiger partial charge in [-0.1, -0.05) is 0 Å². The SMILES string of the molecule is CC1(O)CN(c2ccc([N+](=O)[O-])cn2)C1. The first-order valence-electron chi connectivity index (χ1n) is 4.56. The van der Waals surface area contributed by atoms with E-state index in [0.717, 1.165) is 0 Å². The van der Waals surface area contributed by atoms with E-state index in [2.05, 4.69) is 4.98 Å². The molecule has 6 heteroatoms. The molecule has 1 saturated heterocycles. The highest BCUT2D eigenvalue weighted by molar-refractivity contribution is 5.46. The Kier molecular flexibility index (Phi) is 2.08. The Morgan fingerprint density at radius 1 is 1.60 bits per heavy atom. The van der Waals surface area contributed by atoms with Crippen molar-refractivity contribution in [2.45, 2.75) is 12.5 Å². The van der Waals surface area contributed by atoms with Crippen molar-refractivity contribution in [1.82, 2.24) is 4.98 Å². The van der Waals surface area contributed by atoms with Gasteiger partial charge in [-0.25, -0.2) is 4.98 Å². The van der Waals surface area contributed by atoms with Gasteiger partial charge in [-0.2, -0.15) is 0 Å². The normalized spacial score (nSPS) is 18.4. The number of hydrogen-bond acceptors (Lipinski definition) is 5. The van der Waals surface area contributed by atoms with E-state index < -0.39 is 10.5 Å². The van der Waals surface area contributed by atoms with Gasteiger partial charge in [0.1, 0.15) is 12.0 Å². The molecule has 0 aromatic carbocycles. The van der Waals surface area contributed by atoms with E-state index >= 15 is 0 Å². The summed E-state index contributed by atoms with van der Waals surface area (Å²) in [6.07, 6.45) is 1.22. The maximum atomic E-state index is 10.4. The zero-order chi connectivity index (χ0) is 11.1. The number of aromatic nitrogens is 1. The first kappa shape index (κ1) is 9.85. The molecule has 1 N–H and O–H groups in total. The van der Waals surface area contributed by atoms with Crippen LogP contribution in [0, 0.1) is 10.1 Å². The molecule has 1 fully saturated rings. The molecule has 0 atom stereocenters. The van der Waals surface area contributed by atoms with E-state index in [1.807, 2.05) is 4.90 Å². The van der Waals surface area contributed by atoms with Crippen molar-refractivity contribution in [3.8, 4) is 0 Å². The minimum atomic E-state index is -0.663. The van der Waals surface area contributed by atoms with E-state index in [1.54, 1.807) is 13.0 Å². The summed E-state index contributed by atoms with van der Waals surface area (Å²) >= 11 is 0. The second kappa shape index (κ2) is 3.16. The molecular formula is C9H11N3O3. The molecule has 0 bridgehead atoms. The molecule has 0 amide bonds. The lowest BCUT2D eigenvalue weighted by molar-refractivity contribution is -0.385. The van der Waals surface area contributed by atoms with Gasteiger partial charge in [-0.05, 0) is 13.0 Å². The zero-order valence-electron chi connectivity index (χ0n) is 8.25. The van der Waals surface area contributed by atoms with Crippen LogP contribution in [0.4, 0.5) is 11.5 Å². The lowest BCUT2D eigenvalue weighted by Crippen LogP contribution is -2.60. The monoisotopic (exact) mass is 209 g/mol. The quantitative estimate of drug-likeness (QED) is 0.568. The van der Waals surface area contributed by atoms with Crippen LogP contribution in [-0.2, 0) is 0 Å². The van der Waals surface area contributed by atoms with Crippen molar-refractivity contribution in [1.29, 1.82) is 0 Å². The number of β-amino-alcohol motifs (C(OH)–C–C–N with tert-alkyl or cyclic N) is 1. The summed E-state index contributed by atoms with van der Waals surface area (Å²) in [6.45, 7) is 2.77. The Labute approximate surface area is 86.3 Å². The molecule has 2 rings (SSSR count). The molecule has 0 saturated carbocycles. The molecule has 6 nitrogen and oxygen atoms in total. The smallest absolute Gasteiger partial charge is 0.287 e. The van der Waals surface area contributed by atoms with Crippen LogP contribution in [0.15, 0.2) is 18.3 Å². The molecule has 1 aliphatic heterocycles. The maximum absolute atomic E-state index is 10.4. The molecular weight excluding hydrogens is 198 g/mol. The number of hydrogen-bond donors (Lipinski definition) is 1. The molecule has 1 aliphatic rings. The molecule has 0 radical (unpaired) electrons. The number of anilines is 1. The van der Waals surface area contributed by atoms with E-state index in [4.69, 9.17) is 0 Å². The van der Waals surface area contributed by atoms with Crippen LogP contribution < -0.4 is 4.90 Å². The molecule has 0 spiro atoms. The van der Waals surface area contributed by atoms with Crippen molar-refractivity contribution in [3.63, 3.8) is 0 Å². The second-order valence-corrected chi connectivity index (χ2v) is 3.98. The summed E-state index contributed by atoms with van der Waals surface area (Å²) in [6, 6.07) is 3.00. The highest BCUT2D eigenvalue weighted by Gasteiger charge is 2.37. The molecule has 2 heterocycles. The van der Waals surface area contributed by atoms with Gasteiger partial charge in [0.25, 0.3) is 5.69 Å². The van der Waals surface area contributed by atoms with Gasteiger partial charge in [-0.3, -0.25) is 10.1 Å². The van der Waals surface area contributed by atoms with Crippen LogP contribution in [0.2, 0.25) is 0 Å². The van der Waals surface area contributed by atoms with Gasteiger partial charge in [-0.15, -0.1) is 0 Å². The van der Waals surface area contributed by atoms with Crippen molar-refractivity contribution in [3.05, 3.63) is 28.4 Å². The highest BCUT2D eigenvalue weighted by Crippen LogP contribution is 2.26. The summed E-state index contributed by atoms with van der Waals surface area (Å²) in [5.74, 6) is 0.659. The fourth-order valence-electron chi connectivity index (χ4n) is 1.61. The van der Waals surface area contributed by atoms with Gasteiger partial charge in [0, 0.05) is 19.2 Å². The molecule has 0 unspecified atom stereocenters. The predicted molar refractivity (Wildman–Crippen MR) is 53.7 cm³/mol. The van der Waals surface area contributed by atoms with Gasteiger partial charge in [0.2, 0.25) is 0 Å². The first-order chi connectivity index (χ1) is 6.98. The lowest BCUT2D eigenvalue weighted by Gasteiger charge is -2.44. The first-order valence-corrected chi connectivity index (χ1v) is 4.56. The van der Waals surface area contributed by atoms with E-state index in [9.17, 15) is 15.2 Å². The van der Waals surface area contributed by atoms with Crippen molar-refractivity contribution < 1.29 is 10.0 Å². The van der Waals surface area contributed by atoms with Crippen LogP contribution in [-0.4, -0.2) is 33.7 Å². The lowest BCUT2D eigenvalue weighted by atomic mass is 9.97. The van der Waals surface area contributed by atoms with E-state index in [1.165, 1.54) is 12.3 Å². The van der Waals surface area contributed by atoms with Crippen molar-refractivity contribution in [2.75, 3.05) is 18.0 Å². The maximum Gasteiger partial charge on any atom is 0.287 e. The van der Waals surface area contributed by atoms with E-state index in [0.29, 0.717) is 18.9 Å². The number of aliphatic hydroxyl groups is 1. The summed E-state index contributed by atoms with van der Waals surface area (Å²) in [5.41, 5.74) is -0.685. The van der Waals surface area contributed by atoms with Gasteiger partial charge >= 0.3 is 0 Å². The predicted octanol–water partition coefficient (Wildman–Crippen LogP) is 0.561. The number of pyridine rings is 1. The van der Waals surface area contributed by atoms with Crippen LogP contribution in [0.1, 0.15) is 6.92 Å². The largest absolute Gasteiger partial charge is 0.386 e. The second-order valence-electron chi connectivity index (χ2n) is 3.98. The zero-order valence-corrected chi connectivity index (χ0v) is 8.25. The van der Waals surface area contributed by atoms with Gasteiger partial charge < -0.3 is 10.0 Å². The number of rotatable bonds is 2. The fraction of sp³-hybridized carbons (Fsp3) is 0.444. The fourth-order valence-corrected chi connectivity index (χ4v) is 1.61. The summed E-state index contributed by atoms with van der Waals surface area (Å²) in [7, 11) is 0. The summed E-state index contributed by atoms with van der Waals surface area (Å²) < 4.78 is 0. The Bertz CT molecular complexity index is 380. The Hall–Kier alpha value is -1.69. The topological polar surface area (TPSA) is 79.5 Å². The van der Waals surface area contributed by atoms with Crippen LogP contribution >= 0.6 is 0 Å². The Morgan fingerprint density at radius 3 is 2.67 bits per heavy atom. The summed E-state index contributed by atoms with van der Waals surface area (Å²) in [4.78, 5) is 15.7. The summed E-state index contributed by atoms with van der Waals surface area (Å²) in [5, 5.41) is 19.9. The number of nitro groups is 1. The Balaban J connectivity index is 2.09. The standard InChI is InChI=1S/C9H11N3O3/c1-9(13)5-11(6-9)8-3-2-7(4-10-8)12(14)15/h2-4,13H,5-6H2,1H3. The molecule has 15 heavy (non-hydrogen) atoms. The minimum absolute atomic E-state index is 0.0222. The third kappa shape index (κ3) is 1.89. The average Bonchev–Trinajstić information content (AvgIpc) is 2.14. The minimum Gasteiger partial charge on any atom is -0.386 e. The third-order valence-corrected chi connectivity index (χ3v) is 2.33. The molecule has 1 aromatic rings. The van der Waals surface area contributed by atoms with Crippen LogP contribution in [0.5, 0.6) is 0 Å². The van der Waals surface area contributed by atoms with Gasteiger partial charge in [0.05, 0.1) is 10.5 Å². The Morgan fingerprint density at radius 2 is 2.27 bits per heavy atom. The van der Waals surface area contributed by atoms with Crippen molar-refractivity contribution in [2.24, 2.45) is 0 Å². The highest BCUT2D eigenvalue weighted by atomic mass is 16.6. The molecule has 0 aliphatic carbocycles. The van der Waals surface area contributed by atoms with Crippen LogP contribution in [0.3, 0.4) is 0 Å². The van der Waals surface area contributed by atoms with E-state index in [-0.39, 0.29) is 5.69 Å². The van der Waals surface area contributed by atoms with Gasteiger partial charge in [0.15, 0.2) is 0 Å². The van der Waals surface area contributed by atoms with Crippen molar-refractivity contribution >= 4 is 11.5 Å².